The van der Waals surface area contributed by atoms with E-state index in [9.17, 15) is 18.0 Å². The molecule has 0 bridgehead atoms. The molecule has 0 saturated heterocycles. The molecule has 1 amide bonds. The molecule has 0 aliphatic heterocycles. The van der Waals surface area contributed by atoms with Gasteiger partial charge in [0.2, 0.25) is 5.91 Å². The van der Waals surface area contributed by atoms with Crippen LogP contribution in [-0.4, -0.2) is 25.5 Å². The highest BCUT2D eigenvalue weighted by Gasteiger charge is 2.40. The van der Waals surface area contributed by atoms with Crippen LogP contribution in [-0.2, 0) is 18.1 Å². The molecule has 4 N–H and O–H groups in total. The number of primary amides is 1. The molecule has 1 aliphatic carbocycles. The second-order valence-electron chi connectivity index (χ2n) is 7.55. The molecule has 1 aliphatic rings. The van der Waals surface area contributed by atoms with Crippen LogP contribution in [0.1, 0.15) is 46.3 Å². The number of hydrogen-bond donors (Lipinski definition) is 3. The summed E-state index contributed by atoms with van der Waals surface area (Å²) in [4.78, 5) is 15.3. The number of alkyl halides is 3. The summed E-state index contributed by atoms with van der Waals surface area (Å²) in [6, 6.07) is 12.5. The average Bonchev–Trinajstić information content (AvgIpc) is 2.69. The number of hydrogen-bond acceptors (Lipinski definition) is 2. The molecular weight excluding hydrogens is 393 g/mol. The minimum absolute atomic E-state index is 0.331. The summed E-state index contributed by atoms with van der Waals surface area (Å²) in [6.07, 6.45) is -1.72. The van der Waals surface area contributed by atoms with Gasteiger partial charge in [-0.05, 0) is 42.2 Å². The third-order valence-electron chi connectivity index (χ3n) is 5.63. The van der Waals surface area contributed by atoms with Gasteiger partial charge in [-0.3, -0.25) is 9.79 Å². The number of nitrogens with one attached hydrogen (secondary N) is 2. The number of amides is 1. The summed E-state index contributed by atoms with van der Waals surface area (Å²) in [7, 11) is 1.64. The minimum Gasteiger partial charge on any atom is -0.366 e. The molecule has 2 aromatic rings. The van der Waals surface area contributed by atoms with Crippen LogP contribution < -0.4 is 16.4 Å². The van der Waals surface area contributed by atoms with Crippen molar-refractivity contribution in [2.75, 3.05) is 13.6 Å². The van der Waals surface area contributed by atoms with E-state index in [0.29, 0.717) is 30.2 Å². The zero-order valence-corrected chi connectivity index (χ0v) is 16.7. The van der Waals surface area contributed by atoms with E-state index in [-0.39, 0.29) is 5.41 Å². The van der Waals surface area contributed by atoms with Crippen molar-refractivity contribution in [3.05, 3.63) is 70.8 Å². The smallest absolute Gasteiger partial charge is 0.366 e. The summed E-state index contributed by atoms with van der Waals surface area (Å²) in [5, 5.41) is 6.44. The number of rotatable bonds is 6. The van der Waals surface area contributed by atoms with Gasteiger partial charge in [0.05, 0.1) is 5.56 Å². The van der Waals surface area contributed by atoms with Crippen LogP contribution in [0.15, 0.2) is 53.5 Å². The fourth-order valence-electron chi connectivity index (χ4n) is 3.64. The first kappa shape index (κ1) is 21.7. The summed E-state index contributed by atoms with van der Waals surface area (Å²) in [5.41, 5.74) is 6.38. The minimum atomic E-state index is -4.35. The monoisotopic (exact) mass is 418 g/mol. The molecule has 3 rings (SSSR count). The van der Waals surface area contributed by atoms with E-state index in [0.717, 1.165) is 30.9 Å². The van der Waals surface area contributed by atoms with Crippen molar-refractivity contribution in [3.8, 4) is 0 Å². The lowest BCUT2D eigenvalue weighted by Gasteiger charge is -2.43. The fourth-order valence-corrected chi connectivity index (χ4v) is 3.64. The quantitative estimate of drug-likeness (QED) is 0.496. The van der Waals surface area contributed by atoms with E-state index in [1.807, 2.05) is 0 Å². The van der Waals surface area contributed by atoms with Gasteiger partial charge >= 0.3 is 6.18 Å². The molecule has 0 aromatic heterocycles. The highest BCUT2D eigenvalue weighted by atomic mass is 19.4. The first-order valence-electron chi connectivity index (χ1n) is 9.74. The Morgan fingerprint density at radius 3 is 2.37 bits per heavy atom. The Morgan fingerprint density at radius 2 is 1.83 bits per heavy atom. The maximum Gasteiger partial charge on any atom is 0.416 e. The zero-order chi connectivity index (χ0) is 21.8. The summed E-state index contributed by atoms with van der Waals surface area (Å²) >= 11 is 0. The number of benzene rings is 2. The molecule has 160 valence electrons. The van der Waals surface area contributed by atoms with Gasteiger partial charge in [0.25, 0.3) is 0 Å². The molecule has 0 heterocycles. The first-order valence-corrected chi connectivity index (χ1v) is 9.74. The van der Waals surface area contributed by atoms with Gasteiger partial charge in [0.15, 0.2) is 5.96 Å². The highest BCUT2D eigenvalue weighted by Crippen LogP contribution is 2.44. The van der Waals surface area contributed by atoms with E-state index < -0.39 is 17.6 Å². The normalized spacial score (nSPS) is 15.9. The number of carbonyl (C=O) groups is 1. The van der Waals surface area contributed by atoms with Crippen LogP contribution in [0.3, 0.4) is 0 Å². The van der Waals surface area contributed by atoms with Gasteiger partial charge in [-0.2, -0.15) is 13.2 Å². The second-order valence-corrected chi connectivity index (χ2v) is 7.55. The van der Waals surface area contributed by atoms with Crippen molar-refractivity contribution >= 4 is 11.9 Å². The van der Waals surface area contributed by atoms with Crippen LogP contribution in [0.25, 0.3) is 0 Å². The van der Waals surface area contributed by atoms with E-state index in [2.05, 4.69) is 15.6 Å². The molecule has 2 aromatic carbocycles. The van der Waals surface area contributed by atoms with Crippen molar-refractivity contribution in [1.82, 2.24) is 10.6 Å². The Labute approximate surface area is 173 Å². The average molecular weight is 418 g/mol. The molecule has 1 fully saturated rings. The fraction of sp³-hybridized carbons (Fsp3) is 0.364. The van der Waals surface area contributed by atoms with E-state index >= 15 is 0 Å². The Bertz CT molecular complexity index is 919. The van der Waals surface area contributed by atoms with Crippen LogP contribution in [0.4, 0.5) is 13.2 Å². The van der Waals surface area contributed by atoms with Gasteiger partial charge in [-0.1, -0.05) is 36.8 Å². The predicted molar refractivity (Wildman–Crippen MR) is 110 cm³/mol. The van der Waals surface area contributed by atoms with Crippen molar-refractivity contribution < 1.29 is 18.0 Å². The second kappa shape index (κ2) is 8.77. The van der Waals surface area contributed by atoms with Gasteiger partial charge in [0, 0.05) is 31.1 Å². The topological polar surface area (TPSA) is 79.5 Å². The van der Waals surface area contributed by atoms with Gasteiger partial charge in [-0.25, -0.2) is 0 Å². The number of nitrogens with two attached hydrogens (primary N) is 1. The number of nitrogens with zero attached hydrogens (tertiary/aromatic N) is 1. The lowest BCUT2D eigenvalue weighted by Crippen LogP contribution is -2.48. The zero-order valence-electron chi connectivity index (χ0n) is 16.7. The summed E-state index contributed by atoms with van der Waals surface area (Å²) < 4.78 is 39.3. The Hall–Kier alpha value is -3.03. The third-order valence-corrected chi connectivity index (χ3v) is 5.63. The number of aliphatic imine (C=N–C) groups is 1. The summed E-state index contributed by atoms with van der Waals surface area (Å²) in [6.45, 7) is 0.976. The SMILES string of the molecule is CN=C(NCc1ccc(C(N)=O)cc1)NCC1(c2cccc(C(F)(F)F)c2)CCC1. The lowest BCUT2D eigenvalue weighted by atomic mass is 9.64. The van der Waals surface area contributed by atoms with Crippen LogP contribution in [0, 0.1) is 0 Å². The molecular formula is C22H25F3N4O. The maximum absolute atomic E-state index is 13.1. The predicted octanol–water partition coefficient (Wildman–Crippen LogP) is 3.59. The Kier molecular flexibility index (Phi) is 6.34. The van der Waals surface area contributed by atoms with Crippen LogP contribution in [0.5, 0.6) is 0 Å². The molecule has 30 heavy (non-hydrogen) atoms. The van der Waals surface area contributed by atoms with Gasteiger partial charge < -0.3 is 16.4 Å². The highest BCUT2D eigenvalue weighted by molar-refractivity contribution is 5.92. The van der Waals surface area contributed by atoms with Crippen molar-refractivity contribution in [2.45, 2.75) is 37.4 Å². The standard InChI is InChI=1S/C22H25F3N4O/c1-27-20(28-13-15-6-8-16(9-7-15)19(26)30)29-14-21(10-3-11-21)17-4-2-5-18(12-17)22(23,24)25/h2,4-9,12H,3,10-11,13-14H2,1H3,(H2,26,30)(H2,27,28,29). The third kappa shape index (κ3) is 4.93. The number of guanidine groups is 1. The Balaban J connectivity index is 1.62. The van der Waals surface area contributed by atoms with E-state index in [4.69, 9.17) is 5.73 Å². The van der Waals surface area contributed by atoms with Crippen LogP contribution >= 0.6 is 0 Å². The number of carbonyl (C=O) groups excluding carboxylic acids is 1. The largest absolute Gasteiger partial charge is 0.416 e. The maximum atomic E-state index is 13.1. The lowest BCUT2D eigenvalue weighted by molar-refractivity contribution is -0.137. The molecule has 0 spiro atoms. The molecule has 5 nitrogen and oxygen atoms in total. The molecule has 0 atom stereocenters. The van der Waals surface area contributed by atoms with Crippen molar-refractivity contribution in [2.24, 2.45) is 10.7 Å². The van der Waals surface area contributed by atoms with Crippen LogP contribution in [0.2, 0.25) is 0 Å². The molecule has 0 radical (unpaired) electrons. The molecule has 0 unspecified atom stereocenters. The van der Waals surface area contributed by atoms with E-state index in [1.54, 1.807) is 37.4 Å². The van der Waals surface area contributed by atoms with Gasteiger partial charge in [0.1, 0.15) is 0 Å². The molecule has 8 heteroatoms. The summed E-state index contributed by atoms with van der Waals surface area (Å²) in [5.74, 6) is 0.0830. The Morgan fingerprint density at radius 1 is 1.13 bits per heavy atom. The van der Waals surface area contributed by atoms with Crippen molar-refractivity contribution in [3.63, 3.8) is 0 Å². The van der Waals surface area contributed by atoms with E-state index in [1.165, 1.54) is 12.1 Å². The number of halogens is 3. The van der Waals surface area contributed by atoms with Gasteiger partial charge in [-0.15, -0.1) is 0 Å². The molecule has 1 saturated carbocycles. The first-order chi connectivity index (χ1) is 14.2. The van der Waals surface area contributed by atoms with Crippen molar-refractivity contribution in [1.29, 1.82) is 0 Å².